The van der Waals surface area contributed by atoms with E-state index in [1.807, 2.05) is 30.7 Å². The molecule has 0 bridgehead atoms. The molecule has 1 saturated carbocycles. The minimum Gasteiger partial charge on any atom is -0.391 e. The number of aliphatic hydroxyl groups is 1. The molecule has 1 fully saturated rings. The molecule has 2 N–H and O–H groups in total. The number of hydrogen-bond donors (Lipinski definition) is 2. The maximum Gasteiger partial charge on any atom is 0.145 e. The summed E-state index contributed by atoms with van der Waals surface area (Å²) in [6.45, 7) is 0.881. The standard InChI is InChI=1S/C17H18BrN5O/c18-12-2-1-3-13-17(12)20-8-16(21-13)22-14-6-11(7-15(14)24)9-23-5-4-19-10-23/h1-5,8,10-11,14-15,24H,6-7,9H2,(H,21,22)/t11?,14-,15-/m1/s1. The van der Waals surface area contributed by atoms with Crippen molar-refractivity contribution in [3.8, 4) is 0 Å². The first kappa shape index (κ1) is 15.5. The van der Waals surface area contributed by atoms with Crippen LogP contribution >= 0.6 is 15.9 Å². The molecule has 4 rings (SSSR count). The number of rotatable bonds is 4. The molecule has 2 aromatic heterocycles. The van der Waals surface area contributed by atoms with E-state index in [2.05, 4.69) is 40.8 Å². The Morgan fingerprint density at radius 1 is 1.33 bits per heavy atom. The molecule has 3 atom stereocenters. The maximum absolute atomic E-state index is 10.4. The van der Waals surface area contributed by atoms with E-state index in [0.29, 0.717) is 11.7 Å². The smallest absolute Gasteiger partial charge is 0.145 e. The predicted molar refractivity (Wildman–Crippen MR) is 95.6 cm³/mol. The van der Waals surface area contributed by atoms with Crippen molar-refractivity contribution in [2.24, 2.45) is 5.92 Å². The number of nitrogens with zero attached hydrogens (tertiary/aromatic N) is 4. The molecular weight excluding hydrogens is 370 g/mol. The highest BCUT2D eigenvalue weighted by Crippen LogP contribution is 2.30. The minimum atomic E-state index is -0.376. The Bertz CT molecular complexity index is 838. The van der Waals surface area contributed by atoms with Crippen LogP contribution in [0.3, 0.4) is 0 Å². The Labute approximate surface area is 148 Å². The van der Waals surface area contributed by atoms with Gasteiger partial charge in [0.1, 0.15) is 11.3 Å². The number of halogens is 1. The van der Waals surface area contributed by atoms with Crippen LogP contribution in [0.4, 0.5) is 5.82 Å². The lowest BCUT2D eigenvalue weighted by Gasteiger charge is -2.17. The molecule has 1 unspecified atom stereocenters. The fraction of sp³-hybridized carbons (Fsp3) is 0.353. The van der Waals surface area contributed by atoms with E-state index in [9.17, 15) is 5.11 Å². The average molecular weight is 388 g/mol. The fourth-order valence-electron chi connectivity index (χ4n) is 3.38. The molecule has 0 spiro atoms. The number of imidazole rings is 1. The number of fused-ring (bicyclic) bond motifs is 1. The van der Waals surface area contributed by atoms with Gasteiger partial charge in [-0.25, -0.2) is 15.0 Å². The summed E-state index contributed by atoms with van der Waals surface area (Å²) in [6.07, 6.45) is 8.59. The summed E-state index contributed by atoms with van der Waals surface area (Å²) in [6, 6.07) is 5.82. The summed E-state index contributed by atoms with van der Waals surface area (Å²) in [4.78, 5) is 13.1. The lowest BCUT2D eigenvalue weighted by molar-refractivity contribution is 0.166. The van der Waals surface area contributed by atoms with Crippen molar-refractivity contribution in [2.45, 2.75) is 31.5 Å². The Morgan fingerprint density at radius 2 is 2.25 bits per heavy atom. The van der Waals surface area contributed by atoms with E-state index in [1.54, 1.807) is 12.4 Å². The third kappa shape index (κ3) is 3.14. The number of aromatic nitrogens is 4. The van der Waals surface area contributed by atoms with Crippen LogP contribution in [0.5, 0.6) is 0 Å². The highest BCUT2D eigenvalue weighted by Gasteiger charge is 2.33. The molecule has 7 heteroatoms. The van der Waals surface area contributed by atoms with Crippen LogP contribution in [0, 0.1) is 5.92 Å². The topological polar surface area (TPSA) is 75.9 Å². The van der Waals surface area contributed by atoms with Gasteiger partial charge in [-0.05, 0) is 46.8 Å². The van der Waals surface area contributed by atoms with Crippen LogP contribution in [0.1, 0.15) is 12.8 Å². The van der Waals surface area contributed by atoms with Gasteiger partial charge in [-0.3, -0.25) is 0 Å². The van der Waals surface area contributed by atoms with Crippen LogP contribution in [-0.4, -0.2) is 36.8 Å². The zero-order valence-corrected chi connectivity index (χ0v) is 14.6. The fourth-order valence-corrected chi connectivity index (χ4v) is 3.84. The average Bonchev–Trinajstić information content (AvgIpc) is 3.18. The van der Waals surface area contributed by atoms with E-state index < -0.39 is 0 Å². The van der Waals surface area contributed by atoms with E-state index >= 15 is 0 Å². The first-order chi connectivity index (χ1) is 11.7. The van der Waals surface area contributed by atoms with Gasteiger partial charge in [-0.2, -0.15) is 0 Å². The number of hydrogen-bond acceptors (Lipinski definition) is 5. The third-order valence-corrected chi connectivity index (χ3v) is 5.15. The van der Waals surface area contributed by atoms with Crippen molar-refractivity contribution in [2.75, 3.05) is 5.32 Å². The van der Waals surface area contributed by atoms with E-state index in [1.165, 1.54) is 0 Å². The van der Waals surface area contributed by atoms with Crippen molar-refractivity contribution in [3.05, 3.63) is 47.6 Å². The molecular formula is C17H18BrN5O. The largest absolute Gasteiger partial charge is 0.391 e. The van der Waals surface area contributed by atoms with Gasteiger partial charge in [0.15, 0.2) is 0 Å². The van der Waals surface area contributed by atoms with Crippen molar-refractivity contribution >= 4 is 32.8 Å². The second kappa shape index (κ2) is 6.49. The third-order valence-electron chi connectivity index (χ3n) is 4.51. The van der Waals surface area contributed by atoms with Gasteiger partial charge in [0.2, 0.25) is 0 Å². The van der Waals surface area contributed by atoms with E-state index in [4.69, 9.17) is 0 Å². The van der Waals surface area contributed by atoms with Gasteiger partial charge in [0.05, 0.1) is 30.2 Å². The Kier molecular flexibility index (Phi) is 4.20. The Hall–Kier alpha value is -1.99. The summed E-state index contributed by atoms with van der Waals surface area (Å²) >= 11 is 3.48. The zero-order chi connectivity index (χ0) is 16.5. The molecule has 1 aliphatic rings. The number of nitrogens with one attached hydrogen (secondary N) is 1. The van der Waals surface area contributed by atoms with Crippen LogP contribution in [-0.2, 0) is 6.54 Å². The minimum absolute atomic E-state index is 0.00238. The Balaban J connectivity index is 1.47. The molecule has 0 amide bonds. The number of aliphatic hydroxyl groups excluding tert-OH is 1. The van der Waals surface area contributed by atoms with Gasteiger partial charge in [-0.1, -0.05) is 6.07 Å². The van der Waals surface area contributed by atoms with E-state index in [-0.39, 0.29) is 12.1 Å². The summed E-state index contributed by atoms with van der Waals surface area (Å²) in [5, 5.41) is 13.7. The molecule has 1 aliphatic carbocycles. The second-order valence-corrected chi connectivity index (χ2v) is 7.13. The van der Waals surface area contributed by atoms with Crippen molar-refractivity contribution in [3.63, 3.8) is 0 Å². The summed E-state index contributed by atoms with van der Waals surface area (Å²) in [5.74, 6) is 1.13. The molecule has 6 nitrogen and oxygen atoms in total. The number of benzene rings is 1. The van der Waals surface area contributed by atoms with Gasteiger partial charge in [0, 0.05) is 23.4 Å². The lowest BCUT2D eigenvalue weighted by Crippen LogP contribution is -2.28. The summed E-state index contributed by atoms with van der Waals surface area (Å²) in [5.41, 5.74) is 1.67. The van der Waals surface area contributed by atoms with Gasteiger partial charge in [0.25, 0.3) is 0 Å². The highest BCUT2D eigenvalue weighted by molar-refractivity contribution is 9.10. The SMILES string of the molecule is O[C@@H]1CC(Cn2ccnc2)C[C@H]1Nc1cnc2c(Br)cccc2n1. The second-order valence-electron chi connectivity index (χ2n) is 6.28. The van der Waals surface area contributed by atoms with Gasteiger partial charge < -0.3 is 15.0 Å². The zero-order valence-electron chi connectivity index (χ0n) is 13.0. The van der Waals surface area contributed by atoms with Crippen molar-refractivity contribution < 1.29 is 5.11 Å². The van der Waals surface area contributed by atoms with E-state index in [0.717, 1.165) is 34.9 Å². The predicted octanol–water partition coefficient (Wildman–Crippen LogP) is 2.84. The van der Waals surface area contributed by atoms with Crippen LogP contribution in [0.15, 0.2) is 47.6 Å². The first-order valence-corrected chi connectivity index (χ1v) is 8.80. The van der Waals surface area contributed by atoms with Crippen LogP contribution in [0.2, 0.25) is 0 Å². The molecule has 0 aliphatic heterocycles. The van der Waals surface area contributed by atoms with Gasteiger partial charge >= 0.3 is 0 Å². The molecule has 3 aromatic rings. The first-order valence-electron chi connectivity index (χ1n) is 8.00. The molecule has 0 radical (unpaired) electrons. The van der Waals surface area contributed by atoms with Crippen molar-refractivity contribution in [1.29, 1.82) is 0 Å². The molecule has 1 aromatic carbocycles. The van der Waals surface area contributed by atoms with Crippen LogP contribution < -0.4 is 5.32 Å². The van der Waals surface area contributed by atoms with Crippen molar-refractivity contribution in [1.82, 2.24) is 19.5 Å². The lowest BCUT2D eigenvalue weighted by atomic mass is 10.1. The van der Waals surface area contributed by atoms with Crippen LogP contribution in [0.25, 0.3) is 11.0 Å². The molecule has 24 heavy (non-hydrogen) atoms. The molecule has 0 saturated heterocycles. The quantitative estimate of drug-likeness (QED) is 0.719. The van der Waals surface area contributed by atoms with Gasteiger partial charge in [-0.15, -0.1) is 0 Å². The molecule has 2 heterocycles. The number of anilines is 1. The molecule has 124 valence electrons. The summed E-state index contributed by atoms with van der Waals surface area (Å²) in [7, 11) is 0. The highest BCUT2D eigenvalue weighted by atomic mass is 79.9. The monoisotopic (exact) mass is 387 g/mol. The summed E-state index contributed by atoms with van der Waals surface area (Å²) < 4.78 is 2.99. The normalized spacial score (nSPS) is 23.7. The Morgan fingerprint density at radius 3 is 3.08 bits per heavy atom. The number of para-hydroxylation sites is 1. The maximum atomic E-state index is 10.4.